The molecule has 1 unspecified atom stereocenters. The quantitative estimate of drug-likeness (QED) is 0.617. The van der Waals surface area contributed by atoms with Crippen LogP contribution in [0.1, 0.15) is 6.42 Å². The summed E-state index contributed by atoms with van der Waals surface area (Å²) in [6.45, 7) is -0.299. The van der Waals surface area contributed by atoms with E-state index in [9.17, 15) is 23.1 Å². The molecule has 1 atom stereocenters. The van der Waals surface area contributed by atoms with Crippen LogP contribution in [0.25, 0.3) is 0 Å². The maximum atomic E-state index is 12.0. The highest BCUT2D eigenvalue weighted by Gasteiger charge is 2.39. The van der Waals surface area contributed by atoms with Crippen molar-refractivity contribution in [3.8, 4) is 0 Å². The van der Waals surface area contributed by atoms with Crippen LogP contribution in [-0.4, -0.2) is 24.7 Å². The Morgan fingerprint density at radius 1 is 1.62 bits per heavy atom. The van der Waals surface area contributed by atoms with Crippen LogP contribution in [0.4, 0.5) is 13.2 Å². The molecular weight excluding hydrogens is 187 g/mol. The number of carboxylic acids is 1. The van der Waals surface area contributed by atoms with E-state index >= 15 is 0 Å². The van der Waals surface area contributed by atoms with Crippen LogP contribution < -0.4 is 10.4 Å². The lowest BCUT2D eigenvalue weighted by molar-refractivity contribution is -0.299. The molecule has 1 N–H and O–H groups in total. The highest BCUT2D eigenvalue weighted by Crippen LogP contribution is 2.25. The summed E-state index contributed by atoms with van der Waals surface area (Å²) in [7, 11) is 0. The fraction of sp³-hybridized carbons (Fsp3) is 0.571. The summed E-state index contributed by atoms with van der Waals surface area (Å²) in [5.41, 5.74) is -0.125. The van der Waals surface area contributed by atoms with E-state index in [0.29, 0.717) is 0 Å². The van der Waals surface area contributed by atoms with Gasteiger partial charge in [0.05, 0.1) is 5.97 Å². The van der Waals surface area contributed by atoms with Crippen LogP contribution >= 0.6 is 0 Å². The lowest BCUT2D eigenvalue weighted by atomic mass is 10.1. The fourth-order valence-corrected chi connectivity index (χ4v) is 1.05. The molecule has 13 heavy (non-hydrogen) atoms. The van der Waals surface area contributed by atoms with Crippen molar-refractivity contribution in [3.05, 3.63) is 11.6 Å². The number of carbonyl (C=O) groups is 1. The lowest BCUT2D eigenvalue weighted by Gasteiger charge is -2.25. The van der Waals surface area contributed by atoms with E-state index in [1.807, 2.05) is 0 Å². The molecule has 0 aliphatic carbocycles. The molecule has 1 rings (SSSR count). The van der Waals surface area contributed by atoms with Crippen molar-refractivity contribution in [1.29, 1.82) is 0 Å². The molecule has 0 bridgehead atoms. The topological polar surface area (TPSA) is 52.2 Å². The van der Waals surface area contributed by atoms with Crippen LogP contribution in [0.15, 0.2) is 11.6 Å². The third-order valence-corrected chi connectivity index (χ3v) is 1.80. The van der Waals surface area contributed by atoms with Crippen molar-refractivity contribution in [2.24, 2.45) is 0 Å². The summed E-state index contributed by atoms with van der Waals surface area (Å²) >= 11 is 0. The predicted octanol–water partition coefficient (Wildman–Crippen LogP) is -0.413. The number of hydrogen-bond acceptors (Lipinski definition) is 3. The zero-order valence-electron chi connectivity index (χ0n) is 6.52. The summed E-state index contributed by atoms with van der Waals surface area (Å²) < 4.78 is 36.0. The molecule has 0 aromatic carbocycles. The first-order valence-electron chi connectivity index (χ1n) is 3.61. The van der Waals surface area contributed by atoms with Crippen molar-refractivity contribution in [1.82, 2.24) is 5.32 Å². The summed E-state index contributed by atoms with van der Waals surface area (Å²) in [4.78, 5) is 10.2. The second kappa shape index (κ2) is 3.37. The van der Waals surface area contributed by atoms with Gasteiger partial charge in [-0.2, -0.15) is 13.2 Å². The number of halogens is 3. The second-order valence-corrected chi connectivity index (χ2v) is 2.73. The van der Waals surface area contributed by atoms with Crippen LogP contribution in [0.2, 0.25) is 0 Å². The van der Waals surface area contributed by atoms with Gasteiger partial charge in [0.25, 0.3) is 0 Å². The highest BCUT2D eigenvalue weighted by atomic mass is 19.4. The van der Waals surface area contributed by atoms with Gasteiger partial charge < -0.3 is 15.2 Å². The minimum Gasteiger partial charge on any atom is -0.545 e. The molecule has 1 aliphatic heterocycles. The maximum Gasteiger partial charge on any atom is 0.404 e. The average molecular weight is 194 g/mol. The SMILES string of the molecule is O=C([O-])C1=CCC(C(F)(F)F)NC1. The predicted molar refractivity (Wildman–Crippen MR) is 35.6 cm³/mol. The van der Waals surface area contributed by atoms with Gasteiger partial charge in [-0.25, -0.2) is 0 Å². The highest BCUT2D eigenvalue weighted by molar-refractivity contribution is 5.85. The fourth-order valence-electron chi connectivity index (χ4n) is 1.05. The minimum atomic E-state index is -4.33. The zero-order chi connectivity index (χ0) is 10.1. The van der Waals surface area contributed by atoms with Gasteiger partial charge in [-0.3, -0.25) is 0 Å². The Hall–Kier alpha value is -1.04. The Kier molecular flexibility index (Phi) is 2.60. The van der Waals surface area contributed by atoms with Crippen LogP contribution in [0.5, 0.6) is 0 Å². The number of carbonyl (C=O) groups excluding carboxylic acids is 1. The molecule has 0 radical (unpaired) electrons. The van der Waals surface area contributed by atoms with Crippen molar-refractivity contribution < 1.29 is 23.1 Å². The Morgan fingerprint density at radius 3 is 2.54 bits per heavy atom. The van der Waals surface area contributed by atoms with E-state index in [2.05, 4.69) is 5.32 Å². The summed E-state index contributed by atoms with van der Waals surface area (Å²) in [5, 5.41) is 12.3. The Labute approximate surface area is 72.2 Å². The molecule has 3 nitrogen and oxygen atoms in total. The summed E-state index contributed by atoms with van der Waals surface area (Å²) in [5.74, 6) is -1.42. The number of carboxylic acid groups (broad SMARTS) is 1. The average Bonchev–Trinajstić information content (AvgIpc) is 2.03. The molecule has 0 amide bonds. The zero-order valence-corrected chi connectivity index (χ0v) is 6.52. The molecule has 0 aromatic rings. The van der Waals surface area contributed by atoms with Gasteiger partial charge in [-0.15, -0.1) is 0 Å². The van der Waals surface area contributed by atoms with Gasteiger partial charge in [0.1, 0.15) is 6.04 Å². The van der Waals surface area contributed by atoms with Gasteiger partial charge in [0.15, 0.2) is 0 Å². The first-order chi connectivity index (χ1) is 5.91. The van der Waals surface area contributed by atoms with E-state index < -0.39 is 18.2 Å². The standard InChI is InChI=1S/C7H8F3NO2/c8-7(9,10)5-2-1-4(3-11-5)6(12)13/h1,5,11H,2-3H2,(H,12,13)/p-1. The third-order valence-electron chi connectivity index (χ3n) is 1.80. The Morgan fingerprint density at radius 2 is 2.23 bits per heavy atom. The smallest absolute Gasteiger partial charge is 0.404 e. The number of hydrogen-bond donors (Lipinski definition) is 1. The van der Waals surface area contributed by atoms with Gasteiger partial charge in [0, 0.05) is 6.54 Å². The van der Waals surface area contributed by atoms with E-state index in [4.69, 9.17) is 0 Å². The molecular formula is C7H7F3NO2-. The van der Waals surface area contributed by atoms with Crippen molar-refractivity contribution in [2.75, 3.05) is 6.54 Å². The van der Waals surface area contributed by atoms with Crippen LogP contribution in [0.3, 0.4) is 0 Å². The van der Waals surface area contributed by atoms with Gasteiger partial charge >= 0.3 is 6.18 Å². The molecule has 0 fully saturated rings. The van der Waals surface area contributed by atoms with Crippen molar-refractivity contribution in [2.45, 2.75) is 18.6 Å². The van der Waals surface area contributed by atoms with E-state index in [-0.39, 0.29) is 18.5 Å². The molecule has 1 aliphatic rings. The van der Waals surface area contributed by atoms with E-state index in [0.717, 1.165) is 6.08 Å². The molecule has 0 spiro atoms. The first-order valence-corrected chi connectivity index (χ1v) is 3.61. The molecule has 0 saturated heterocycles. The number of alkyl halides is 3. The van der Waals surface area contributed by atoms with Gasteiger partial charge in [-0.1, -0.05) is 6.08 Å². The lowest BCUT2D eigenvalue weighted by Crippen LogP contribution is -2.47. The summed E-state index contributed by atoms with van der Waals surface area (Å²) in [6, 6.07) is -1.64. The van der Waals surface area contributed by atoms with Crippen LogP contribution in [-0.2, 0) is 4.79 Å². The third kappa shape index (κ3) is 2.45. The Balaban J connectivity index is 2.61. The minimum absolute atomic E-state index is 0.125. The van der Waals surface area contributed by atoms with Crippen LogP contribution in [0, 0.1) is 0 Å². The van der Waals surface area contributed by atoms with Gasteiger partial charge in [-0.05, 0) is 12.0 Å². The van der Waals surface area contributed by atoms with Crippen molar-refractivity contribution >= 4 is 5.97 Å². The molecule has 1 heterocycles. The van der Waals surface area contributed by atoms with Crippen molar-refractivity contribution in [3.63, 3.8) is 0 Å². The number of aliphatic carboxylic acids is 1. The maximum absolute atomic E-state index is 12.0. The number of rotatable bonds is 1. The van der Waals surface area contributed by atoms with Gasteiger partial charge in [0.2, 0.25) is 0 Å². The molecule has 6 heteroatoms. The van der Waals surface area contributed by atoms with E-state index in [1.54, 1.807) is 0 Å². The largest absolute Gasteiger partial charge is 0.545 e. The number of nitrogens with one attached hydrogen (secondary N) is 1. The molecule has 0 aromatic heterocycles. The molecule has 74 valence electrons. The first kappa shape index (κ1) is 10.0. The monoisotopic (exact) mass is 194 g/mol. The van der Waals surface area contributed by atoms with E-state index in [1.165, 1.54) is 0 Å². The normalized spacial score (nSPS) is 23.9. The second-order valence-electron chi connectivity index (χ2n) is 2.73. The molecule has 0 saturated carbocycles. The Bertz CT molecular complexity index is 247. The summed E-state index contributed by atoms with van der Waals surface area (Å²) in [6.07, 6.45) is -3.63.